The molecule has 2 aromatic carbocycles. The van der Waals surface area contributed by atoms with Crippen molar-refractivity contribution in [1.29, 1.82) is 0 Å². The molecule has 2 rings (SSSR count). The minimum atomic E-state index is 0.425. The van der Waals surface area contributed by atoms with Crippen LogP contribution in [0.4, 0.5) is 5.69 Å². The van der Waals surface area contributed by atoms with Gasteiger partial charge in [0.2, 0.25) is 0 Å². The molecule has 0 bridgehead atoms. The molecular formula is C17H20N2S. The molecule has 0 aliphatic rings. The van der Waals surface area contributed by atoms with Crippen molar-refractivity contribution in [2.75, 3.05) is 5.32 Å². The Morgan fingerprint density at radius 3 is 2.35 bits per heavy atom. The third-order valence-electron chi connectivity index (χ3n) is 3.35. The lowest BCUT2D eigenvalue weighted by molar-refractivity contribution is 1.10. The number of nitrogens with two attached hydrogens (primary N) is 1. The first-order valence-electron chi connectivity index (χ1n) is 6.82. The second-order valence-corrected chi connectivity index (χ2v) is 5.38. The normalized spacial score (nSPS) is 10.3. The molecule has 0 aromatic heterocycles. The van der Waals surface area contributed by atoms with Crippen molar-refractivity contribution in [3.05, 3.63) is 64.7 Å². The predicted molar refractivity (Wildman–Crippen MR) is 90.2 cm³/mol. The van der Waals surface area contributed by atoms with Crippen LogP contribution in [-0.2, 0) is 13.0 Å². The van der Waals surface area contributed by atoms with E-state index in [9.17, 15) is 0 Å². The molecule has 0 saturated heterocycles. The van der Waals surface area contributed by atoms with E-state index < -0.39 is 0 Å². The lowest BCUT2D eigenvalue weighted by atomic mass is 10.1. The summed E-state index contributed by atoms with van der Waals surface area (Å²) in [5.41, 5.74) is 11.5. The highest BCUT2D eigenvalue weighted by Gasteiger charge is 2.05. The van der Waals surface area contributed by atoms with Gasteiger partial charge >= 0.3 is 0 Å². The highest BCUT2D eigenvalue weighted by atomic mass is 32.1. The monoisotopic (exact) mass is 284 g/mol. The van der Waals surface area contributed by atoms with Gasteiger partial charge in [0.15, 0.2) is 0 Å². The summed E-state index contributed by atoms with van der Waals surface area (Å²) in [6.07, 6.45) is 1.07. The summed E-state index contributed by atoms with van der Waals surface area (Å²) in [6.45, 7) is 4.99. The van der Waals surface area contributed by atoms with Crippen LogP contribution in [0.25, 0.3) is 0 Å². The van der Waals surface area contributed by atoms with Crippen LogP contribution >= 0.6 is 12.2 Å². The van der Waals surface area contributed by atoms with Crippen LogP contribution in [0.15, 0.2) is 42.5 Å². The summed E-state index contributed by atoms with van der Waals surface area (Å²) in [5.74, 6) is 0. The Morgan fingerprint density at radius 2 is 1.75 bits per heavy atom. The van der Waals surface area contributed by atoms with Crippen molar-refractivity contribution in [1.82, 2.24) is 0 Å². The highest BCUT2D eigenvalue weighted by Crippen LogP contribution is 2.18. The lowest BCUT2D eigenvalue weighted by Crippen LogP contribution is -2.13. The van der Waals surface area contributed by atoms with Gasteiger partial charge < -0.3 is 11.1 Å². The van der Waals surface area contributed by atoms with Gasteiger partial charge in [-0.3, -0.25) is 0 Å². The van der Waals surface area contributed by atoms with Crippen LogP contribution < -0.4 is 11.1 Å². The van der Waals surface area contributed by atoms with Crippen molar-refractivity contribution in [3.63, 3.8) is 0 Å². The van der Waals surface area contributed by atoms with Gasteiger partial charge in [-0.05, 0) is 42.2 Å². The van der Waals surface area contributed by atoms with Crippen LogP contribution in [0.2, 0.25) is 0 Å². The lowest BCUT2D eigenvalue weighted by Gasteiger charge is -2.12. The van der Waals surface area contributed by atoms with Crippen LogP contribution in [0, 0.1) is 6.92 Å². The zero-order chi connectivity index (χ0) is 14.5. The first-order chi connectivity index (χ1) is 9.60. The van der Waals surface area contributed by atoms with E-state index in [1.807, 2.05) is 12.1 Å². The molecule has 2 aromatic rings. The Morgan fingerprint density at radius 1 is 1.10 bits per heavy atom. The van der Waals surface area contributed by atoms with Gasteiger partial charge in [-0.25, -0.2) is 0 Å². The Labute approximate surface area is 126 Å². The molecule has 0 radical (unpaired) electrons. The number of nitrogens with one attached hydrogen (secondary N) is 1. The molecule has 0 unspecified atom stereocenters. The van der Waals surface area contributed by atoms with E-state index in [1.54, 1.807) is 0 Å². The van der Waals surface area contributed by atoms with Gasteiger partial charge in [-0.15, -0.1) is 0 Å². The number of hydrogen-bond acceptors (Lipinski definition) is 2. The van der Waals surface area contributed by atoms with Gasteiger partial charge in [-0.2, -0.15) is 0 Å². The standard InChI is InChI=1S/C17H20N2S/c1-3-13-5-7-14(8-6-13)11-19-16-10-12(2)4-9-15(16)17(18)20/h4-10,19H,3,11H2,1-2H3,(H2,18,20). The Balaban J connectivity index is 2.13. The number of aryl methyl sites for hydroxylation is 2. The van der Waals surface area contributed by atoms with Crippen molar-refractivity contribution in [2.45, 2.75) is 26.8 Å². The second kappa shape index (κ2) is 6.53. The summed E-state index contributed by atoms with van der Waals surface area (Å²) in [5, 5.41) is 3.42. The number of thiocarbonyl (C=S) groups is 1. The van der Waals surface area contributed by atoms with Crippen molar-refractivity contribution in [3.8, 4) is 0 Å². The topological polar surface area (TPSA) is 38.0 Å². The van der Waals surface area contributed by atoms with Crippen LogP contribution in [0.5, 0.6) is 0 Å². The molecular weight excluding hydrogens is 264 g/mol. The molecule has 20 heavy (non-hydrogen) atoms. The molecule has 0 heterocycles. The summed E-state index contributed by atoms with van der Waals surface area (Å²) in [6, 6.07) is 14.7. The maximum Gasteiger partial charge on any atom is 0.106 e. The summed E-state index contributed by atoms with van der Waals surface area (Å²) >= 11 is 5.09. The van der Waals surface area contributed by atoms with E-state index in [-0.39, 0.29) is 0 Å². The maximum absolute atomic E-state index is 5.76. The average Bonchev–Trinajstić information content (AvgIpc) is 2.45. The Bertz CT molecular complexity index is 603. The average molecular weight is 284 g/mol. The van der Waals surface area contributed by atoms with E-state index >= 15 is 0 Å². The second-order valence-electron chi connectivity index (χ2n) is 4.94. The van der Waals surface area contributed by atoms with Gasteiger partial charge in [0.25, 0.3) is 0 Å². The smallest absolute Gasteiger partial charge is 0.106 e. The summed E-state index contributed by atoms with van der Waals surface area (Å²) < 4.78 is 0. The van der Waals surface area contributed by atoms with E-state index in [0.717, 1.165) is 24.2 Å². The quantitative estimate of drug-likeness (QED) is 0.820. The van der Waals surface area contributed by atoms with Crippen molar-refractivity contribution >= 4 is 22.9 Å². The van der Waals surface area contributed by atoms with Crippen LogP contribution in [-0.4, -0.2) is 4.99 Å². The fourth-order valence-electron chi connectivity index (χ4n) is 2.11. The summed E-state index contributed by atoms with van der Waals surface area (Å²) in [7, 11) is 0. The van der Waals surface area contributed by atoms with Crippen molar-refractivity contribution < 1.29 is 0 Å². The van der Waals surface area contributed by atoms with Gasteiger partial charge in [0, 0.05) is 17.8 Å². The molecule has 3 N–H and O–H groups in total. The largest absolute Gasteiger partial charge is 0.389 e. The van der Waals surface area contributed by atoms with Gasteiger partial charge in [0.05, 0.1) is 0 Å². The minimum Gasteiger partial charge on any atom is -0.389 e. The third kappa shape index (κ3) is 3.58. The molecule has 3 heteroatoms. The first-order valence-corrected chi connectivity index (χ1v) is 7.23. The third-order valence-corrected chi connectivity index (χ3v) is 3.57. The molecule has 0 spiro atoms. The summed E-state index contributed by atoms with van der Waals surface area (Å²) in [4.78, 5) is 0.425. The first kappa shape index (κ1) is 14.5. The zero-order valence-electron chi connectivity index (χ0n) is 11.9. The fraction of sp³-hybridized carbons (Fsp3) is 0.235. The van der Waals surface area contributed by atoms with Crippen molar-refractivity contribution in [2.24, 2.45) is 5.73 Å². The number of anilines is 1. The molecule has 2 nitrogen and oxygen atoms in total. The molecule has 0 aliphatic carbocycles. The molecule has 0 fully saturated rings. The van der Waals surface area contributed by atoms with Gasteiger partial charge in [0.1, 0.15) is 4.99 Å². The molecule has 0 amide bonds. The van der Waals surface area contributed by atoms with E-state index in [2.05, 4.69) is 49.5 Å². The number of hydrogen-bond donors (Lipinski definition) is 2. The Hall–Kier alpha value is -1.87. The maximum atomic E-state index is 5.76. The number of rotatable bonds is 5. The van der Waals surface area contributed by atoms with Crippen LogP contribution in [0.1, 0.15) is 29.2 Å². The van der Waals surface area contributed by atoms with E-state index in [4.69, 9.17) is 18.0 Å². The predicted octanol–water partition coefficient (Wildman–Crippen LogP) is 3.80. The SMILES string of the molecule is CCc1ccc(CNc2cc(C)ccc2C(N)=S)cc1. The fourth-order valence-corrected chi connectivity index (χ4v) is 2.29. The van der Waals surface area contributed by atoms with Crippen LogP contribution in [0.3, 0.4) is 0 Å². The highest BCUT2D eigenvalue weighted by molar-refractivity contribution is 7.80. The minimum absolute atomic E-state index is 0.425. The Kier molecular flexibility index (Phi) is 4.74. The molecule has 0 aliphatic heterocycles. The van der Waals surface area contributed by atoms with E-state index in [1.165, 1.54) is 16.7 Å². The van der Waals surface area contributed by atoms with E-state index in [0.29, 0.717) is 4.99 Å². The zero-order valence-corrected chi connectivity index (χ0v) is 12.8. The molecule has 104 valence electrons. The molecule has 0 saturated carbocycles. The molecule has 0 atom stereocenters. The number of benzene rings is 2. The van der Waals surface area contributed by atoms with Gasteiger partial charge in [-0.1, -0.05) is 49.5 Å².